The van der Waals surface area contributed by atoms with Gasteiger partial charge in [0.2, 0.25) is 0 Å². The molecule has 0 bridgehead atoms. The van der Waals surface area contributed by atoms with Crippen LogP contribution in [-0.4, -0.2) is 41.5 Å². The number of nitrogens with zero attached hydrogens (tertiary/aromatic N) is 2. The molecule has 1 atom stereocenters. The Labute approximate surface area is 93.3 Å². The van der Waals surface area contributed by atoms with Crippen molar-refractivity contribution < 1.29 is 4.79 Å². The molecule has 5 heteroatoms. The Hall–Kier alpha value is -0.940. The fourth-order valence-corrected chi connectivity index (χ4v) is 2.46. The van der Waals surface area contributed by atoms with E-state index in [0.29, 0.717) is 11.7 Å². The first-order valence-corrected chi connectivity index (χ1v) is 6.17. The summed E-state index contributed by atoms with van der Waals surface area (Å²) < 4.78 is 0. The second kappa shape index (κ2) is 4.72. The topological polar surface area (TPSA) is 45.2 Å². The first-order chi connectivity index (χ1) is 7.33. The van der Waals surface area contributed by atoms with Gasteiger partial charge in [-0.2, -0.15) is 0 Å². The Morgan fingerprint density at radius 2 is 2.67 bits per heavy atom. The Morgan fingerprint density at radius 3 is 3.20 bits per heavy atom. The van der Waals surface area contributed by atoms with E-state index in [0.717, 1.165) is 26.1 Å². The van der Waals surface area contributed by atoms with Gasteiger partial charge in [0.25, 0.3) is 5.91 Å². The SMILES string of the molecule is CCN(C(=O)c1cscn1)C1CCNC1. The number of amides is 1. The fourth-order valence-electron chi connectivity index (χ4n) is 1.94. The highest BCUT2D eigenvalue weighted by atomic mass is 32.1. The maximum absolute atomic E-state index is 12.1. The van der Waals surface area contributed by atoms with E-state index in [4.69, 9.17) is 0 Å². The van der Waals surface area contributed by atoms with Crippen LogP contribution in [0.3, 0.4) is 0 Å². The predicted molar refractivity (Wildman–Crippen MR) is 60.1 cm³/mol. The molecule has 1 saturated heterocycles. The zero-order valence-corrected chi connectivity index (χ0v) is 9.59. The monoisotopic (exact) mass is 225 g/mol. The van der Waals surface area contributed by atoms with Crippen molar-refractivity contribution in [3.05, 3.63) is 16.6 Å². The first kappa shape index (κ1) is 10.6. The summed E-state index contributed by atoms with van der Waals surface area (Å²) >= 11 is 1.46. The van der Waals surface area contributed by atoms with Crippen LogP contribution in [0.25, 0.3) is 0 Å². The summed E-state index contributed by atoms with van der Waals surface area (Å²) in [6.45, 7) is 4.68. The number of likely N-dealkylation sites (N-methyl/N-ethyl adjacent to an activating group) is 1. The van der Waals surface area contributed by atoms with Crippen molar-refractivity contribution in [1.82, 2.24) is 15.2 Å². The number of aromatic nitrogens is 1. The molecule has 0 radical (unpaired) electrons. The van der Waals surface area contributed by atoms with E-state index in [1.165, 1.54) is 11.3 Å². The number of thiazole rings is 1. The number of carbonyl (C=O) groups is 1. The van der Waals surface area contributed by atoms with Gasteiger partial charge in [0, 0.05) is 24.5 Å². The summed E-state index contributed by atoms with van der Waals surface area (Å²) in [5, 5.41) is 5.09. The van der Waals surface area contributed by atoms with Crippen molar-refractivity contribution in [1.29, 1.82) is 0 Å². The third-order valence-electron chi connectivity index (χ3n) is 2.73. The van der Waals surface area contributed by atoms with Gasteiger partial charge in [-0.15, -0.1) is 11.3 Å². The van der Waals surface area contributed by atoms with Crippen molar-refractivity contribution in [2.75, 3.05) is 19.6 Å². The molecule has 0 aromatic carbocycles. The highest BCUT2D eigenvalue weighted by molar-refractivity contribution is 7.07. The lowest BCUT2D eigenvalue weighted by Crippen LogP contribution is -2.41. The quantitative estimate of drug-likeness (QED) is 0.833. The molecule has 82 valence electrons. The van der Waals surface area contributed by atoms with Gasteiger partial charge in [-0.05, 0) is 19.9 Å². The van der Waals surface area contributed by atoms with Crippen LogP contribution in [0.15, 0.2) is 10.9 Å². The lowest BCUT2D eigenvalue weighted by Gasteiger charge is -2.26. The maximum atomic E-state index is 12.1. The molecule has 0 aliphatic carbocycles. The Morgan fingerprint density at radius 1 is 1.80 bits per heavy atom. The van der Waals surface area contributed by atoms with Crippen LogP contribution in [-0.2, 0) is 0 Å². The largest absolute Gasteiger partial charge is 0.333 e. The molecular formula is C10H15N3OS. The molecule has 1 aromatic heterocycles. The maximum Gasteiger partial charge on any atom is 0.273 e. The Balaban J connectivity index is 2.09. The van der Waals surface area contributed by atoms with Crippen LogP contribution in [0.1, 0.15) is 23.8 Å². The normalized spacial score (nSPS) is 20.5. The molecule has 1 aromatic rings. The van der Waals surface area contributed by atoms with Crippen LogP contribution in [0.2, 0.25) is 0 Å². The number of rotatable bonds is 3. The van der Waals surface area contributed by atoms with Crippen LogP contribution in [0.4, 0.5) is 0 Å². The third kappa shape index (κ3) is 2.18. The Kier molecular flexibility index (Phi) is 3.33. The van der Waals surface area contributed by atoms with Gasteiger partial charge in [-0.3, -0.25) is 4.79 Å². The number of carbonyl (C=O) groups excluding carboxylic acids is 1. The average molecular weight is 225 g/mol. The molecule has 1 unspecified atom stereocenters. The second-order valence-corrected chi connectivity index (χ2v) is 4.33. The molecule has 2 heterocycles. The van der Waals surface area contributed by atoms with Gasteiger partial charge >= 0.3 is 0 Å². The number of nitrogens with one attached hydrogen (secondary N) is 1. The zero-order valence-electron chi connectivity index (χ0n) is 8.77. The minimum atomic E-state index is 0.0625. The van der Waals surface area contributed by atoms with Crippen molar-refractivity contribution in [2.45, 2.75) is 19.4 Å². The molecule has 1 N–H and O–H groups in total. The minimum absolute atomic E-state index is 0.0625. The number of hydrogen-bond acceptors (Lipinski definition) is 4. The third-order valence-corrected chi connectivity index (χ3v) is 3.31. The summed E-state index contributed by atoms with van der Waals surface area (Å²) in [7, 11) is 0. The second-order valence-electron chi connectivity index (χ2n) is 3.61. The van der Waals surface area contributed by atoms with E-state index in [2.05, 4.69) is 10.3 Å². The lowest BCUT2D eigenvalue weighted by molar-refractivity contribution is 0.0698. The summed E-state index contributed by atoms with van der Waals surface area (Å²) in [4.78, 5) is 18.0. The van der Waals surface area contributed by atoms with E-state index < -0.39 is 0 Å². The number of hydrogen-bond donors (Lipinski definition) is 1. The van der Waals surface area contributed by atoms with Crippen molar-refractivity contribution in [3.63, 3.8) is 0 Å². The molecule has 0 saturated carbocycles. The Bertz CT molecular complexity index is 319. The van der Waals surface area contributed by atoms with Gasteiger partial charge < -0.3 is 10.2 Å². The highest BCUT2D eigenvalue weighted by Crippen LogP contribution is 2.13. The van der Waals surface area contributed by atoms with Crippen molar-refractivity contribution in [2.24, 2.45) is 0 Å². The lowest BCUT2D eigenvalue weighted by atomic mass is 10.2. The summed E-state index contributed by atoms with van der Waals surface area (Å²) in [5.41, 5.74) is 2.28. The highest BCUT2D eigenvalue weighted by Gasteiger charge is 2.26. The molecule has 0 spiro atoms. The fraction of sp³-hybridized carbons (Fsp3) is 0.600. The smallest absolute Gasteiger partial charge is 0.273 e. The van der Waals surface area contributed by atoms with Crippen LogP contribution >= 0.6 is 11.3 Å². The minimum Gasteiger partial charge on any atom is -0.333 e. The van der Waals surface area contributed by atoms with Crippen LogP contribution < -0.4 is 5.32 Å². The van der Waals surface area contributed by atoms with Gasteiger partial charge in [-0.25, -0.2) is 4.98 Å². The molecule has 1 fully saturated rings. The predicted octanol–water partition coefficient (Wildman–Crippen LogP) is 0.967. The molecule has 4 nitrogen and oxygen atoms in total. The molecular weight excluding hydrogens is 210 g/mol. The van der Waals surface area contributed by atoms with E-state index in [9.17, 15) is 4.79 Å². The molecule has 1 amide bonds. The van der Waals surface area contributed by atoms with E-state index >= 15 is 0 Å². The summed E-state index contributed by atoms with van der Waals surface area (Å²) in [5.74, 6) is 0.0625. The zero-order chi connectivity index (χ0) is 10.7. The first-order valence-electron chi connectivity index (χ1n) is 5.22. The van der Waals surface area contributed by atoms with Gasteiger partial charge in [0.1, 0.15) is 5.69 Å². The molecule has 1 aliphatic heterocycles. The van der Waals surface area contributed by atoms with Crippen molar-refractivity contribution in [3.8, 4) is 0 Å². The standard InChI is InChI=1S/C10H15N3OS/c1-2-13(8-3-4-11-5-8)10(14)9-6-15-7-12-9/h6-8,11H,2-5H2,1H3. The van der Waals surface area contributed by atoms with E-state index in [1.54, 1.807) is 5.51 Å². The summed E-state index contributed by atoms with van der Waals surface area (Å²) in [6, 6.07) is 0.337. The van der Waals surface area contributed by atoms with Crippen LogP contribution in [0, 0.1) is 0 Å². The molecule has 15 heavy (non-hydrogen) atoms. The van der Waals surface area contributed by atoms with Gasteiger partial charge in [0.15, 0.2) is 0 Å². The molecule has 1 aliphatic rings. The summed E-state index contributed by atoms with van der Waals surface area (Å²) in [6.07, 6.45) is 1.05. The van der Waals surface area contributed by atoms with E-state index in [1.807, 2.05) is 17.2 Å². The average Bonchev–Trinajstić information content (AvgIpc) is 2.91. The molecule has 2 rings (SSSR count). The van der Waals surface area contributed by atoms with Crippen LogP contribution in [0.5, 0.6) is 0 Å². The van der Waals surface area contributed by atoms with Crippen molar-refractivity contribution >= 4 is 17.2 Å². The van der Waals surface area contributed by atoms with Gasteiger partial charge in [-0.1, -0.05) is 0 Å². The van der Waals surface area contributed by atoms with Gasteiger partial charge in [0.05, 0.1) is 5.51 Å². The van der Waals surface area contributed by atoms with E-state index in [-0.39, 0.29) is 5.91 Å².